The first kappa shape index (κ1) is 15.6. The summed E-state index contributed by atoms with van der Waals surface area (Å²) in [6.07, 6.45) is 0. The molecule has 0 aliphatic rings. The maximum absolute atomic E-state index is 11.4. The monoisotopic (exact) mass is 298 g/mol. The van der Waals surface area contributed by atoms with Gasteiger partial charge < -0.3 is 0 Å². The SMILES string of the molecule is CC(=O)N/C(Nc1ccccc1C)=[NH+]\c1nc(C)cc(C)n1. The van der Waals surface area contributed by atoms with Gasteiger partial charge in [-0.2, -0.15) is 0 Å². The first-order chi connectivity index (χ1) is 10.4. The number of rotatable bonds is 2. The molecule has 1 aromatic heterocycles. The number of amides is 1. The molecular weight excluding hydrogens is 278 g/mol. The van der Waals surface area contributed by atoms with E-state index in [0.29, 0.717) is 11.9 Å². The second kappa shape index (κ2) is 6.80. The molecule has 0 aliphatic heterocycles. The number of hydrogen-bond acceptors (Lipinski definition) is 3. The quantitative estimate of drug-likeness (QED) is 0.564. The van der Waals surface area contributed by atoms with Gasteiger partial charge in [-0.3, -0.25) is 10.1 Å². The van der Waals surface area contributed by atoms with E-state index in [2.05, 4.69) is 25.6 Å². The smallest absolute Gasteiger partial charge is 0.277 e. The third-order valence-electron chi connectivity index (χ3n) is 2.92. The lowest BCUT2D eigenvalue weighted by Gasteiger charge is -2.08. The maximum atomic E-state index is 11.4. The zero-order chi connectivity index (χ0) is 16.1. The molecule has 6 heteroatoms. The standard InChI is InChI=1S/C16H19N5O/c1-10-7-5-6-8-14(10)20-16(19-13(4)22)21-15-17-11(2)9-12(3)18-15/h5-9H,1-4H3,(H2,17,18,19,20,21,22)/p+1. The van der Waals surface area contributed by atoms with Gasteiger partial charge in [0.05, 0.1) is 17.1 Å². The highest BCUT2D eigenvalue weighted by Crippen LogP contribution is 2.12. The van der Waals surface area contributed by atoms with Crippen molar-refractivity contribution in [2.45, 2.75) is 27.7 Å². The lowest BCUT2D eigenvalue weighted by Crippen LogP contribution is -2.74. The number of carbonyl (C=O) groups excluding carboxylic acids is 1. The Kier molecular flexibility index (Phi) is 4.83. The minimum absolute atomic E-state index is 0.187. The summed E-state index contributed by atoms with van der Waals surface area (Å²) in [6.45, 7) is 7.23. The van der Waals surface area contributed by atoms with Crippen LogP contribution in [-0.2, 0) is 4.79 Å². The van der Waals surface area contributed by atoms with E-state index in [4.69, 9.17) is 0 Å². The predicted molar refractivity (Wildman–Crippen MR) is 85.8 cm³/mol. The van der Waals surface area contributed by atoms with Gasteiger partial charge in [-0.25, -0.2) is 10.3 Å². The largest absolute Gasteiger partial charge is 0.354 e. The van der Waals surface area contributed by atoms with E-state index in [1.54, 1.807) is 0 Å². The van der Waals surface area contributed by atoms with Gasteiger partial charge in [0, 0.05) is 13.0 Å². The number of guanidine groups is 1. The summed E-state index contributed by atoms with van der Waals surface area (Å²) in [5.41, 5.74) is 3.66. The molecule has 6 nitrogen and oxygen atoms in total. The average molecular weight is 298 g/mol. The molecule has 0 saturated heterocycles. The Labute approximate surface area is 129 Å². The molecule has 22 heavy (non-hydrogen) atoms. The highest BCUT2D eigenvalue weighted by atomic mass is 16.1. The first-order valence-corrected chi connectivity index (χ1v) is 7.00. The number of benzene rings is 1. The number of carbonyl (C=O) groups is 1. The fourth-order valence-electron chi connectivity index (χ4n) is 2.01. The van der Waals surface area contributed by atoms with Gasteiger partial charge in [0.2, 0.25) is 0 Å². The number of nitrogens with one attached hydrogen (secondary N) is 3. The molecule has 2 aromatic rings. The van der Waals surface area contributed by atoms with Gasteiger partial charge in [-0.1, -0.05) is 18.2 Å². The third kappa shape index (κ3) is 4.37. The molecule has 1 heterocycles. The normalized spacial score (nSPS) is 11.2. The highest BCUT2D eigenvalue weighted by Gasteiger charge is 2.11. The molecule has 0 fully saturated rings. The molecule has 0 aliphatic carbocycles. The first-order valence-electron chi connectivity index (χ1n) is 7.00. The van der Waals surface area contributed by atoms with E-state index in [9.17, 15) is 4.79 Å². The van der Waals surface area contributed by atoms with Crippen molar-refractivity contribution >= 4 is 23.5 Å². The van der Waals surface area contributed by atoms with Crippen molar-refractivity contribution in [2.75, 3.05) is 5.32 Å². The second-order valence-electron chi connectivity index (χ2n) is 5.10. The van der Waals surface area contributed by atoms with Crippen LogP contribution in [0.4, 0.5) is 11.6 Å². The lowest BCUT2D eigenvalue weighted by atomic mass is 10.2. The van der Waals surface area contributed by atoms with E-state index in [-0.39, 0.29) is 5.91 Å². The van der Waals surface area contributed by atoms with Crippen LogP contribution in [-0.4, -0.2) is 21.8 Å². The molecule has 0 bridgehead atoms. The molecule has 0 radical (unpaired) electrons. The summed E-state index contributed by atoms with van der Waals surface area (Å²) in [7, 11) is 0. The summed E-state index contributed by atoms with van der Waals surface area (Å²) in [4.78, 5) is 23.0. The molecule has 1 aromatic carbocycles. The van der Waals surface area contributed by atoms with Crippen LogP contribution in [0.25, 0.3) is 0 Å². The number of nitrogens with zero attached hydrogens (tertiary/aromatic N) is 2. The zero-order valence-corrected chi connectivity index (χ0v) is 13.2. The van der Waals surface area contributed by atoms with Crippen LogP contribution < -0.4 is 15.6 Å². The van der Waals surface area contributed by atoms with Crippen molar-refractivity contribution in [2.24, 2.45) is 0 Å². The highest BCUT2D eigenvalue weighted by molar-refractivity contribution is 6.00. The number of para-hydroxylation sites is 1. The Morgan fingerprint density at radius 2 is 1.73 bits per heavy atom. The summed E-state index contributed by atoms with van der Waals surface area (Å²) in [5.74, 6) is 0.669. The fraction of sp³-hybridized carbons (Fsp3) is 0.250. The zero-order valence-electron chi connectivity index (χ0n) is 13.2. The molecule has 3 N–H and O–H groups in total. The summed E-state index contributed by atoms with van der Waals surface area (Å²) in [6, 6.07) is 9.69. The summed E-state index contributed by atoms with van der Waals surface area (Å²) in [5, 5.41) is 5.88. The van der Waals surface area contributed by atoms with E-state index in [0.717, 1.165) is 22.6 Å². The van der Waals surface area contributed by atoms with Crippen molar-refractivity contribution in [1.82, 2.24) is 15.3 Å². The third-order valence-corrected chi connectivity index (χ3v) is 2.92. The van der Waals surface area contributed by atoms with Gasteiger partial charge in [-0.15, -0.1) is 9.97 Å². The molecule has 114 valence electrons. The van der Waals surface area contributed by atoms with E-state index in [1.165, 1.54) is 6.92 Å². The summed E-state index contributed by atoms with van der Waals surface area (Å²) >= 11 is 0. The Morgan fingerprint density at radius 3 is 2.32 bits per heavy atom. The topological polar surface area (TPSA) is 80.9 Å². The van der Waals surface area contributed by atoms with Gasteiger partial charge in [0.25, 0.3) is 11.9 Å². The van der Waals surface area contributed by atoms with Crippen LogP contribution in [0.2, 0.25) is 0 Å². The molecule has 0 saturated carbocycles. The molecular formula is C16H20N5O+. The van der Waals surface area contributed by atoms with Crippen LogP contribution in [0.3, 0.4) is 0 Å². The molecule has 1 amide bonds. The van der Waals surface area contributed by atoms with Crippen molar-refractivity contribution in [1.29, 1.82) is 0 Å². The Bertz CT molecular complexity index is 704. The second-order valence-corrected chi connectivity index (χ2v) is 5.10. The van der Waals surface area contributed by atoms with Crippen LogP contribution in [0.1, 0.15) is 23.9 Å². The van der Waals surface area contributed by atoms with E-state index in [1.807, 2.05) is 51.1 Å². The molecule has 2 rings (SSSR count). The Hall–Kier alpha value is -2.76. The molecule has 0 atom stereocenters. The summed E-state index contributed by atoms with van der Waals surface area (Å²) < 4.78 is 0. The van der Waals surface area contributed by atoms with Crippen molar-refractivity contribution in [3.8, 4) is 0 Å². The molecule has 0 spiro atoms. The average Bonchev–Trinajstić information content (AvgIpc) is 2.39. The van der Waals surface area contributed by atoms with Crippen molar-refractivity contribution in [3.05, 3.63) is 47.3 Å². The lowest BCUT2D eigenvalue weighted by molar-refractivity contribution is -0.366. The number of aryl methyl sites for hydroxylation is 3. The van der Waals surface area contributed by atoms with E-state index >= 15 is 0 Å². The van der Waals surface area contributed by atoms with Crippen LogP contribution in [0, 0.1) is 20.8 Å². The fourth-order valence-corrected chi connectivity index (χ4v) is 2.01. The van der Waals surface area contributed by atoms with Crippen LogP contribution in [0.15, 0.2) is 30.3 Å². The minimum Gasteiger partial charge on any atom is -0.277 e. The van der Waals surface area contributed by atoms with Crippen molar-refractivity contribution < 1.29 is 9.79 Å². The maximum Gasteiger partial charge on any atom is 0.354 e. The van der Waals surface area contributed by atoms with Gasteiger partial charge in [0.1, 0.15) is 0 Å². The Balaban J connectivity index is 2.35. The van der Waals surface area contributed by atoms with Crippen LogP contribution >= 0.6 is 0 Å². The predicted octanol–water partition coefficient (Wildman–Crippen LogP) is 0.718. The number of aromatic nitrogens is 2. The molecule has 0 unspecified atom stereocenters. The minimum atomic E-state index is -0.187. The van der Waals surface area contributed by atoms with Gasteiger partial charge >= 0.3 is 5.95 Å². The van der Waals surface area contributed by atoms with Gasteiger partial charge in [-0.05, 0) is 32.4 Å². The number of hydrogen-bond donors (Lipinski definition) is 3. The van der Waals surface area contributed by atoms with E-state index < -0.39 is 0 Å². The van der Waals surface area contributed by atoms with Crippen molar-refractivity contribution in [3.63, 3.8) is 0 Å². The Morgan fingerprint density at radius 1 is 1.09 bits per heavy atom. The van der Waals surface area contributed by atoms with Crippen LogP contribution in [0.5, 0.6) is 0 Å². The number of anilines is 1. The van der Waals surface area contributed by atoms with Gasteiger partial charge in [0.15, 0.2) is 0 Å².